The van der Waals surface area contributed by atoms with Crippen LogP contribution in [0.5, 0.6) is 0 Å². The summed E-state index contributed by atoms with van der Waals surface area (Å²) in [7, 11) is 2.31. The maximum Gasteiger partial charge on any atom is 0.385 e. The van der Waals surface area contributed by atoms with Gasteiger partial charge in [-0.2, -0.15) is 0 Å². The van der Waals surface area contributed by atoms with E-state index in [0.717, 1.165) is 12.8 Å². The van der Waals surface area contributed by atoms with Gasteiger partial charge in [0.25, 0.3) is 0 Å². The summed E-state index contributed by atoms with van der Waals surface area (Å²) in [5.41, 5.74) is 0. The van der Waals surface area contributed by atoms with Gasteiger partial charge in [0, 0.05) is 6.42 Å². The molecule has 1 N–H and O–H groups in total. The Labute approximate surface area is 201 Å². The largest absolute Gasteiger partial charge is 0.385 e. The van der Waals surface area contributed by atoms with Gasteiger partial charge in [0.05, 0.1) is 27.7 Å². The molecular weight excluding hydrogens is 417 g/mol. The van der Waals surface area contributed by atoms with Crippen molar-refractivity contribution < 1.29 is 18.5 Å². The second-order valence-corrected chi connectivity index (χ2v) is 12.4. The molecule has 0 aliphatic heterocycles. The maximum absolute atomic E-state index is 12.5. The minimum Gasteiger partial charge on any atom is -0.320 e. The Morgan fingerprint density at radius 2 is 1.12 bits per heavy atom. The lowest BCUT2D eigenvalue weighted by molar-refractivity contribution is -0.883. The van der Waals surface area contributed by atoms with E-state index in [2.05, 4.69) is 19.1 Å². The molecule has 0 saturated heterocycles. The average molecular weight is 475 g/mol. The predicted molar refractivity (Wildman–Crippen MR) is 141 cm³/mol. The number of hydrogen-bond donors (Lipinski definition) is 1. The first-order valence-electron chi connectivity index (χ1n) is 13.7. The van der Waals surface area contributed by atoms with Crippen LogP contribution in [0.1, 0.15) is 129 Å². The van der Waals surface area contributed by atoms with E-state index in [9.17, 15) is 9.46 Å². The molecule has 0 saturated carbocycles. The number of rotatable bonds is 23. The molecule has 5 heteroatoms. The normalized spacial score (nSPS) is 15.3. The molecule has 0 amide bonds. The van der Waals surface area contributed by atoms with Gasteiger partial charge in [-0.3, -0.25) is 4.57 Å². The van der Waals surface area contributed by atoms with E-state index in [0.29, 0.717) is 17.5 Å². The molecule has 0 aromatic heterocycles. The molecule has 0 radical (unpaired) electrons. The SMILES string of the molecule is CCCC=CCCCCCCCCCCCCCCCCOP(=O)(O)C(CC)[N+](C)(C)C. The van der Waals surface area contributed by atoms with E-state index in [1.54, 1.807) is 0 Å². The Balaban J connectivity index is 3.41. The molecule has 32 heavy (non-hydrogen) atoms. The highest BCUT2D eigenvalue weighted by Gasteiger charge is 2.41. The molecule has 0 fully saturated rings. The summed E-state index contributed by atoms with van der Waals surface area (Å²) in [6.07, 6.45) is 27.4. The van der Waals surface area contributed by atoms with Crippen molar-refractivity contribution >= 4 is 7.60 Å². The summed E-state index contributed by atoms with van der Waals surface area (Å²) < 4.78 is 18.4. The first-order chi connectivity index (χ1) is 15.3. The monoisotopic (exact) mass is 474 g/mol. The van der Waals surface area contributed by atoms with Crippen molar-refractivity contribution in [3.05, 3.63) is 12.2 Å². The van der Waals surface area contributed by atoms with Gasteiger partial charge in [-0.25, -0.2) is 0 Å². The van der Waals surface area contributed by atoms with Crippen molar-refractivity contribution in [3.8, 4) is 0 Å². The van der Waals surface area contributed by atoms with E-state index >= 15 is 0 Å². The molecule has 2 unspecified atom stereocenters. The summed E-state index contributed by atoms with van der Waals surface area (Å²) in [5.74, 6) is -0.347. The molecule has 0 heterocycles. The molecule has 0 aliphatic carbocycles. The first-order valence-corrected chi connectivity index (χ1v) is 15.3. The third-order valence-corrected chi connectivity index (χ3v) is 8.66. The van der Waals surface area contributed by atoms with Crippen molar-refractivity contribution in [2.45, 2.75) is 135 Å². The third kappa shape index (κ3) is 18.3. The van der Waals surface area contributed by atoms with Crippen molar-refractivity contribution in [1.82, 2.24) is 0 Å². The fraction of sp³-hybridized carbons (Fsp3) is 0.926. The van der Waals surface area contributed by atoms with Gasteiger partial charge in [0.2, 0.25) is 0 Å². The van der Waals surface area contributed by atoms with E-state index in [-0.39, 0.29) is 5.78 Å². The molecule has 192 valence electrons. The minimum absolute atomic E-state index is 0.347. The van der Waals surface area contributed by atoms with Gasteiger partial charge in [0.1, 0.15) is 0 Å². The fourth-order valence-electron chi connectivity index (χ4n) is 4.39. The molecule has 0 spiro atoms. The number of hydrogen-bond acceptors (Lipinski definition) is 2. The summed E-state index contributed by atoms with van der Waals surface area (Å²) >= 11 is 0. The standard InChI is InChI=1S/C27H56NO3P/c1-6-8-9-10-11-12-13-14-15-16-17-18-19-20-21-22-23-24-25-26-31-32(29,30)27(7-2)28(3,4)5/h9-10,27H,6-8,11-26H2,1-5H3/p+1. The highest BCUT2D eigenvalue weighted by atomic mass is 31.2. The van der Waals surface area contributed by atoms with Crippen LogP contribution in [-0.2, 0) is 9.09 Å². The molecule has 0 aromatic rings. The van der Waals surface area contributed by atoms with Gasteiger partial charge in [-0.15, -0.1) is 0 Å². The second-order valence-electron chi connectivity index (χ2n) is 10.4. The third-order valence-electron chi connectivity index (χ3n) is 6.30. The molecule has 0 bridgehead atoms. The summed E-state index contributed by atoms with van der Waals surface area (Å²) in [4.78, 5) is 10.3. The lowest BCUT2D eigenvalue weighted by Crippen LogP contribution is -2.44. The zero-order chi connectivity index (χ0) is 24.1. The Morgan fingerprint density at radius 3 is 1.53 bits per heavy atom. The lowest BCUT2D eigenvalue weighted by Gasteiger charge is -2.35. The Morgan fingerprint density at radius 1 is 0.719 bits per heavy atom. The lowest BCUT2D eigenvalue weighted by atomic mass is 10.0. The van der Waals surface area contributed by atoms with Crippen LogP contribution in [-0.4, -0.2) is 42.9 Å². The van der Waals surface area contributed by atoms with Crippen LogP contribution in [0.4, 0.5) is 0 Å². The molecule has 0 rings (SSSR count). The topological polar surface area (TPSA) is 46.5 Å². The Kier molecular flexibility index (Phi) is 20.1. The Hall–Kier alpha value is -0.150. The van der Waals surface area contributed by atoms with E-state index in [1.807, 2.05) is 28.1 Å². The van der Waals surface area contributed by atoms with Gasteiger partial charge >= 0.3 is 7.60 Å². The summed E-state index contributed by atoms with van der Waals surface area (Å²) in [6.45, 7) is 4.59. The van der Waals surface area contributed by atoms with E-state index < -0.39 is 7.60 Å². The van der Waals surface area contributed by atoms with Crippen LogP contribution >= 0.6 is 7.60 Å². The summed E-state index contributed by atoms with van der Waals surface area (Å²) in [6, 6.07) is 0. The van der Waals surface area contributed by atoms with Gasteiger partial charge in [0.15, 0.2) is 5.78 Å². The molecule has 4 nitrogen and oxygen atoms in total. The number of quaternary nitrogens is 1. The van der Waals surface area contributed by atoms with Crippen LogP contribution in [0.25, 0.3) is 0 Å². The highest BCUT2D eigenvalue weighted by molar-refractivity contribution is 7.53. The minimum atomic E-state index is -3.55. The van der Waals surface area contributed by atoms with Crippen LogP contribution in [0.15, 0.2) is 12.2 Å². The van der Waals surface area contributed by atoms with Crippen molar-refractivity contribution in [2.24, 2.45) is 0 Å². The zero-order valence-electron chi connectivity index (χ0n) is 22.3. The highest BCUT2D eigenvalue weighted by Crippen LogP contribution is 2.51. The second kappa shape index (κ2) is 20.2. The van der Waals surface area contributed by atoms with E-state index in [1.165, 1.54) is 96.3 Å². The van der Waals surface area contributed by atoms with Crippen LogP contribution in [0.3, 0.4) is 0 Å². The molecule has 0 aliphatic rings. The molecular formula is C27H57NO3P+. The smallest absolute Gasteiger partial charge is 0.320 e. The van der Waals surface area contributed by atoms with E-state index in [4.69, 9.17) is 4.52 Å². The fourth-order valence-corrected chi connectivity index (χ4v) is 6.29. The molecule has 0 aromatic carbocycles. The van der Waals surface area contributed by atoms with Crippen molar-refractivity contribution in [1.29, 1.82) is 0 Å². The number of unbranched alkanes of at least 4 members (excludes halogenated alkanes) is 15. The number of nitrogens with zero attached hydrogens (tertiary/aromatic N) is 1. The first kappa shape index (κ1) is 31.9. The average Bonchev–Trinajstić information content (AvgIpc) is 2.71. The van der Waals surface area contributed by atoms with Crippen LogP contribution in [0, 0.1) is 0 Å². The van der Waals surface area contributed by atoms with Crippen molar-refractivity contribution in [3.63, 3.8) is 0 Å². The summed E-state index contributed by atoms with van der Waals surface area (Å²) in [5, 5.41) is 0. The van der Waals surface area contributed by atoms with Gasteiger partial charge in [-0.1, -0.05) is 109 Å². The quantitative estimate of drug-likeness (QED) is 0.0696. The zero-order valence-corrected chi connectivity index (χ0v) is 23.2. The predicted octanol–water partition coefficient (Wildman–Crippen LogP) is 8.84. The Bertz CT molecular complexity index is 488. The van der Waals surface area contributed by atoms with Crippen molar-refractivity contribution in [2.75, 3.05) is 27.7 Å². The maximum atomic E-state index is 12.5. The molecule has 2 atom stereocenters. The van der Waals surface area contributed by atoms with Crippen LogP contribution < -0.4 is 0 Å². The van der Waals surface area contributed by atoms with Gasteiger partial charge < -0.3 is 13.9 Å². The van der Waals surface area contributed by atoms with Gasteiger partial charge in [-0.05, 0) is 25.7 Å². The van der Waals surface area contributed by atoms with Crippen LogP contribution in [0.2, 0.25) is 0 Å². The number of allylic oxidation sites excluding steroid dienone is 2.